The second-order valence-corrected chi connectivity index (χ2v) is 2.84. The number of benzene rings is 1. The van der Waals surface area contributed by atoms with Gasteiger partial charge in [-0.2, -0.15) is 0 Å². The predicted molar refractivity (Wildman–Crippen MR) is 49.6 cm³/mol. The van der Waals surface area contributed by atoms with Crippen LogP contribution in [0.5, 0.6) is 0 Å². The van der Waals surface area contributed by atoms with Gasteiger partial charge in [0.1, 0.15) is 0 Å². The van der Waals surface area contributed by atoms with E-state index in [1.807, 2.05) is 25.2 Å². The normalized spacial score (nSPS) is 10.8. The molecule has 0 atom stereocenters. The molecule has 0 aliphatic heterocycles. The number of aromatic amines is 1. The molecular weight excluding hydrogens is 168 g/mol. The summed E-state index contributed by atoms with van der Waals surface area (Å²) >= 11 is 0. The molecule has 0 amide bonds. The van der Waals surface area contributed by atoms with Crippen LogP contribution in [-0.4, -0.2) is 12.0 Å². The highest BCUT2D eigenvalue weighted by atomic mass is 16.4. The first-order valence-electron chi connectivity index (χ1n) is 4.06. The van der Waals surface area contributed by atoms with E-state index >= 15 is 0 Å². The standard InChI is InChI=1S/C9H10N2O2/c1-10-5-6-3-2-4-7-8(6)13-9(12)11-7/h2-4,10H,5H2,1H3,(H,11,12). The zero-order valence-corrected chi connectivity index (χ0v) is 7.26. The smallest absolute Gasteiger partial charge is 0.408 e. The van der Waals surface area contributed by atoms with E-state index in [1.165, 1.54) is 0 Å². The third kappa shape index (κ3) is 1.36. The van der Waals surface area contributed by atoms with Gasteiger partial charge in [0.25, 0.3) is 0 Å². The SMILES string of the molecule is CNCc1cccc2[nH]c(=O)oc12. The minimum Gasteiger partial charge on any atom is -0.408 e. The maximum atomic E-state index is 10.9. The molecule has 0 saturated carbocycles. The molecule has 0 aliphatic rings. The van der Waals surface area contributed by atoms with Gasteiger partial charge in [0.2, 0.25) is 0 Å². The Morgan fingerprint density at radius 2 is 2.38 bits per heavy atom. The Labute approximate surface area is 74.6 Å². The Hall–Kier alpha value is -1.55. The zero-order chi connectivity index (χ0) is 9.26. The molecule has 2 rings (SSSR count). The summed E-state index contributed by atoms with van der Waals surface area (Å²) < 4.78 is 5.00. The summed E-state index contributed by atoms with van der Waals surface area (Å²) in [5.41, 5.74) is 2.37. The summed E-state index contributed by atoms with van der Waals surface area (Å²) in [6.45, 7) is 0.693. The van der Waals surface area contributed by atoms with Crippen LogP contribution >= 0.6 is 0 Å². The Morgan fingerprint density at radius 3 is 3.15 bits per heavy atom. The lowest BCUT2D eigenvalue weighted by Crippen LogP contribution is -2.04. The van der Waals surface area contributed by atoms with Crippen molar-refractivity contribution in [2.45, 2.75) is 6.54 Å². The summed E-state index contributed by atoms with van der Waals surface area (Å²) in [5.74, 6) is -0.404. The molecule has 4 heteroatoms. The molecule has 2 aromatic rings. The van der Waals surface area contributed by atoms with Gasteiger partial charge in [-0.25, -0.2) is 4.79 Å². The molecule has 0 aliphatic carbocycles. The van der Waals surface area contributed by atoms with Crippen LogP contribution in [0.4, 0.5) is 0 Å². The van der Waals surface area contributed by atoms with Crippen molar-refractivity contribution in [2.75, 3.05) is 7.05 Å². The first-order chi connectivity index (χ1) is 6.31. The van der Waals surface area contributed by atoms with Crippen molar-refractivity contribution in [1.82, 2.24) is 10.3 Å². The van der Waals surface area contributed by atoms with Crippen LogP contribution in [0.2, 0.25) is 0 Å². The van der Waals surface area contributed by atoms with E-state index in [0.29, 0.717) is 12.1 Å². The van der Waals surface area contributed by atoms with Gasteiger partial charge in [0, 0.05) is 12.1 Å². The average molecular weight is 178 g/mol. The summed E-state index contributed by atoms with van der Waals surface area (Å²) in [5, 5.41) is 3.01. The molecule has 0 saturated heterocycles. The lowest BCUT2D eigenvalue weighted by atomic mass is 10.2. The van der Waals surface area contributed by atoms with Crippen LogP contribution in [0.3, 0.4) is 0 Å². The Morgan fingerprint density at radius 1 is 1.54 bits per heavy atom. The molecule has 0 fully saturated rings. The van der Waals surface area contributed by atoms with E-state index in [4.69, 9.17) is 4.42 Å². The van der Waals surface area contributed by atoms with Gasteiger partial charge < -0.3 is 9.73 Å². The Balaban J connectivity index is 2.67. The number of aromatic nitrogens is 1. The van der Waals surface area contributed by atoms with Crippen LogP contribution in [0.15, 0.2) is 27.4 Å². The van der Waals surface area contributed by atoms with E-state index in [0.717, 1.165) is 11.1 Å². The van der Waals surface area contributed by atoms with Crippen molar-refractivity contribution < 1.29 is 4.42 Å². The predicted octanol–water partition coefficient (Wildman–Crippen LogP) is 0.841. The molecule has 68 valence electrons. The molecule has 13 heavy (non-hydrogen) atoms. The average Bonchev–Trinajstić information content (AvgIpc) is 2.47. The van der Waals surface area contributed by atoms with E-state index in [9.17, 15) is 4.79 Å². The zero-order valence-electron chi connectivity index (χ0n) is 7.26. The highest BCUT2D eigenvalue weighted by molar-refractivity contribution is 5.75. The lowest BCUT2D eigenvalue weighted by molar-refractivity contribution is 0.550. The van der Waals surface area contributed by atoms with Crippen LogP contribution in [0.25, 0.3) is 11.1 Å². The van der Waals surface area contributed by atoms with Gasteiger partial charge in [-0.3, -0.25) is 4.98 Å². The quantitative estimate of drug-likeness (QED) is 0.716. The first kappa shape index (κ1) is 8.07. The number of para-hydroxylation sites is 1. The fourth-order valence-corrected chi connectivity index (χ4v) is 1.36. The van der Waals surface area contributed by atoms with Crippen molar-refractivity contribution in [1.29, 1.82) is 0 Å². The van der Waals surface area contributed by atoms with Crippen molar-refractivity contribution >= 4 is 11.1 Å². The molecule has 4 nitrogen and oxygen atoms in total. The number of oxazole rings is 1. The maximum absolute atomic E-state index is 10.9. The highest BCUT2D eigenvalue weighted by Gasteiger charge is 2.04. The van der Waals surface area contributed by atoms with E-state index in [1.54, 1.807) is 0 Å². The molecule has 2 N–H and O–H groups in total. The summed E-state index contributed by atoms with van der Waals surface area (Å²) in [6.07, 6.45) is 0. The third-order valence-corrected chi connectivity index (χ3v) is 1.90. The number of H-pyrrole nitrogens is 1. The van der Waals surface area contributed by atoms with Crippen molar-refractivity contribution in [3.05, 3.63) is 34.3 Å². The molecule has 0 spiro atoms. The minimum absolute atomic E-state index is 0.404. The summed E-state index contributed by atoms with van der Waals surface area (Å²) in [4.78, 5) is 13.5. The van der Waals surface area contributed by atoms with Crippen LogP contribution in [0.1, 0.15) is 5.56 Å². The van der Waals surface area contributed by atoms with Gasteiger partial charge in [-0.1, -0.05) is 12.1 Å². The summed E-state index contributed by atoms with van der Waals surface area (Å²) in [6, 6.07) is 5.63. The van der Waals surface area contributed by atoms with E-state index < -0.39 is 5.76 Å². The van der Waals surface area contributed by atoms with Gasteiger partial charge in [-0.05, 0) is 13.1 Å². The fourth-order valence-electron chi connectivity index (χ4n) is 1.36. The molecule has 0 bridgehead atoms. The van der Waals surface area contributed by atoms with Gasteiger partial charge in [0.05, 0.1) is 5.52 Å². The second kappa shape index (κ2) is 3.06. The maximum Gasteiger partial charge on any atom is 0.417 e. The lowest BCUT2D eigenvalue weighted by Gasteiger charge is -1.98. The van der Waals surface area contributed by atoms with Crippen LogP contribution in [-0.2, 0) is 6.54 Å². The summed E-state index contributed by atoms with van der Waals surface area (Å²) in [7, 11) is 1.85. The van der Waals surface area contributed by atoms with E-state index in [2.05, 4.69) is 10.3 Å². The third-order valence-electron chi connectivity index (χ3n) is 1.90. The first-order valence-corrected chi connectivity index (χ1v) is 4.06. The molecule has 0 radical (unpaired) electrons. The van der Waals surface area contributed by atoms with Gasteiger partial charge in [-0.15, -0.1) is 0 Å². The Kier molecular flexibility index (Phi) is 1.90. The topological polar surface area (TPSA) is 58.0 Å². The van der Waals surface area contributed by atoms with Crippen LogP contribution in [0, 0.1) is 0 Å². The minimum atomic E-state index is -0.404. The molecule has 1 heterocycles. The molecule has 1 aromatic heterocycles. The largest absolute Gasteiger partial charge is 0.417 e. The fraction of sp³-hybridized carbons (Fsp3) is 0.222. The molecule has 0 unspecified atom stereocenters. The van der Waals surface area contributed by atoms with E-state index in [-0.39, 0.29) is 0 Å². The molecule has 1 aromatic carbocycles. The molecular formula is C9H10N2O2. The number of hydrogen-bond acceptors (Lipinski definition) is 3. The van der Waals surface area contributed by atoms with Crippen LogP contribution < -0.4 is 11.1 Å². The van der Waals surface area contributed by atoms with Crippen molar-refractivity contribution in [2.24, 2.45) is 0 Å². The highest BCUT2D eigenvalue weighted by Crippen LogP contribution is 2.14. The number of rotatable bonds is 2. The monoisotopic (exact) mass is 178 g/mol. The Bertz CT molecular complexity index is 470. The van der Waals surface area contributed by atoms with Crippen molar-refractivity contribution in [3.63, 3.8) is 0 Å². The van der Waals surface area contributed by atoms with Gasteiger partial charge >= 0.3 is 5.76 Å². The second-order valence-electron chi connectivity index (χ2n) is 2.84. The van der Waals surface area contributed by atoms with Gasteiger partial charge in [0.15, 0.2) is 5.58 Å². The number of hydrogen-bond donors (Lipinski definition) is 2. The number of nitrogens with one attached hydrogen (secondary N) is 2. The number of fused-ring (bicyclic) bond motifs is 1. The van der Waals surface area contributed by atoms with Crippen molar-refractivity contribution in [3.8, 4) is 0 Å².